The Bertz CT molecular complexity index is 430. The first kappa shape index (κ1) is 15.7. The van der Waals surface area contributed by atoms with Crippen molar-refractivity contribution in [2.45, 2.75) is 52.0 Å². The predicted molar refractivity (Wildman–Crippen MR) is 79.2 cm³/mol. The fourth-order valence-corrected chi connectivity index (χ4v) is 3.13. The Morgan fingerprint density at radius 3 is 2.19 bits per heavy atom. The van der Waals surface area contributed by atoms with Gasteiger partial charge in [-0.3, -0.25) is 19.3 Å². The van der Waals surface area contributed by atoms with E-state index >= 15 is 0 Å². The lowest BCUT2D eigenvalue weighted by Gasteiger charge is -2.30. The summed E-state index contributed by atoms with van der Waals surface area (Å²) in [6, 6.07) is 0.188. The van der Waals surface area contributed by atoms with E-state index in [-0.39, 0.29) is 23.8 Å². The Balaban J connectivity index is 1.72. The normalized spacial score (nSPS) is 25.8. The number of nitrogens with one attached hydrogen (secondary N) is 1. The molecular formula is C16H24N2O3. The van der Waals surface area contributed by atoms with E-state index in [1.165, 1.54) is 17.1 Å². The molecule has 3 amide bonds. The molecule has 0 atom stereocenters. The van der Waals surface area contributed by atoms with Crippen molar-refractivity contribution in [2.75, 3.05) is 6.54 Å². The van der Waals surface area contributed by atoms with E-state index in [2.05, 4.69) is 5.32 Å². The Morgan fingerprint density at radius 1 is 1.14 bits per heavy atom. The summed E-state index contributed by atoms with van der Waals surface area (Å²) >= 11 is 0. The lowest BCUT2D eigenvalue weighted by molar-refractivity contribution is -0.137. The molecule has 2 rings (SSSR count). The Hall–Kier alpha value is -1.65. The van der Waals surface area contributed by atoms with Crippen LogP contribution in [0.5, 0.6) is 0 Å². The molecule has 1 heterocycles. The fraction of sp³-hybridized carbons (Fsp3) is 0.688. The monoisotopic (exact) mass is 292 g/mol. The number of carbonyl (C=O) groups is 3. The van der Waals surface area contributed by atoms with Gasteiger partial charge in [-0.2, -0.15) is 0 Å². The summed E-state index contributed by atoms with van der Waals surface area (Å²) in [5.41, 5.74) is 0. The molecular weight excluding hydrogens is 268 g/mol. The van der Waals surface area contributed by atoms with Gasteiger partial charge in [0.1, 0.15) is 0 Å². The van der Waals surface area contributed by atoms with Crippen LogP contribution in [0.3, 0.4) is 0 Å². The molecule has 0 aromatic carbocycles. The zero-order chi connectivity index (χ0) is 15.4. The fourth-order valence-electron chi connectivity index (χ4n) is 3.13. The van der Waals surface area contributed by atoms with E-state index in [9.17, 15) is 14.4 Å². The number of hydrogen-bond donors (Lipinski definition) is 1. The molecule has 1 aliphatic carbocycles. The van der Waals surface area contributed by atoms with Gasteiger partial charge >= 0.3 is 0 Å². The van der Waals surface area contributed by atoms with Gasteiger partial charge in [-0.1, -0.05) is 0 Å². The molecule has 1 saturated carbocycles. The molecule has 21 heavy (non-hydrogen) atoms. The van der Waals surface area contributed by atoms with E-state index in [0.29, 0.717) is 24.8 Å². The Kier molecular flexibility index (Phi) is 5.15. The van der Waals surface area contributed by atoms with Crippen LogP contribution in [0.15, 0.2) is 12.2 Å². The summed E-state index contributed by atoms with van der Waals surface area (Å²) in [6.45, 7) is 4.45. The molecule has 0 spiro atoms. The van der Waals surface area contributed by atoms with Gasteiger partial charge in [0.05, 0.1) is 0 Å². The van der Waals surface area contributed by atoms with Crippen LogP contribution in [-0.4, -0.2) is 35.2 Å². The van der Waals surface area contributed by atoms with Crippen molar-refractivity contribution in [2.24, 2.45) is 11.8 Å². The standard InChI is InChI=1S/C16H24N2O3/c1-11(2)17-14(19)9-12-3-5-13(6-4-12)10-18-15(20)7-8-16(18)21/h7-8,11-13H,3-6,9-10H2,1-2H3,(H,17,19). The first-order valence-electron chi connectivity index (χ1n) is 7.78. The summed E-state index contributed by atoms with van der Waals surface area (Å²) in [5.74, 6) is 0.546. The maximum atomic E-state index is 11.8. The lowest BCUT2D eigenvalue weighted by atomic mass is 9.80. The van der Waals surface area contributed by atoms with Crippen LogP contribution >= 0.6 is 0 Å². The summed E-state index contributed by atoms with van der Waals surface area (Å²) in [6.07, 6.45) is 7.23. The largest absolute Gasteiger partial charge is 0.354 e. The highest BCUT2D eigenvalue weighted by molar-refractivity contribution is 6.12. The van der Waals surface area contributed by atoms with Crippen molar-refractivity contribution in [1.82, 2.24) is 10.2 Å². The van der Waals surface area contributed by atoms with Crippen molar-refractivity contribution >= 4 is 17.7 Å². The van der Waals surface area contributed by atoms with Gasteiger partial charge in [-0.05, 0) is 51.4 Å². The number of rotatable bonds is 5. The van der Waals surface area contributed by atoms with Gasteiger partial charge in [-0.15, -0.1) is 0 Å². The van der Waals surface area contributed by atoms with Crippen molar-refractivity contribution < 1.29 is 14.4 Å². The second-order valence-corrected chi connectivity index (χ2v) is 6.43. The third kappa shape index (κ3) is 4.41. The van der Waals surface area contributed by atoms with Crippen LogP contribution in [0.1, 0.15) is 46.0 Å². The Morgan fingerprint density at radius 2 is 1.67 bits per heavy atom. The molecule has 0 unspecified atom stereocenters. The van der Waals surface area contributed by atoms with E-state index < -0.39 is 0 Å². The van der Waals surface area contributed by atoms with Crippen molar-refractivity contribution in [3.05, 3.63) is 12.2 Å². The highest BCUT2D eigenvalue weighted by atomic mass is 16.2. The molecule has 1 N–H and O–H groups in total. The maximum absolute atomic E-state index is 11.8. The topological polar surface area (TPSA) is 66.5 Å². The van der Waals surface area contributed by atoms with Gasteiger partial charge in [0.25, 0.3) is 11.8 Å². The number of hydrogen-bond acceptors (Lipinski definition) is 3. The zero-order valence-electron chi connectivity index (χ0n) is 12.8. The number of carbonyl (C=O) groups excluding carboxylic acids is 3. The average Bonchev–Trinajstić information content (AvgIpc) is 2.72. The highest BCUT2D eigenvalue weighted by Crippen LogP contribution is 2.31. The SMILES string of the molecule is CC(C)NC(=O)CC1CCC(CN2C(=O)C=CC2=O)CC1. The second-order valence-electron chi connectivity index (χ2n) is 6.43. The van der Waals surface area contributed by atoms with Gasteiger partial charge in [0, 0.05) is 31.2 Å². The molecule has 2 aliphatic rings. The van der Waals surface area contributed by atoms with Gasteiger partial charge in [-0.25, -0.2) is 0 Å². The molecule has 1 aliphatic heterocycles. The van der Waals surface area contributed by atoms with Crippen LogP contribution in [0.25, 0.3) is 0 Å². The molecule has 0 bridgehead atoms. The highest BCUT2D eigenvalue weighted by Gasteiger charge is 2.29. The van der Waals surface area contributed by atoms with Crippen molar-refractivity contribution in [3.8, 4) is 0 Å². The van der Waals surface area contributed by atoms with Crippen molar-refractivity contribution in [3.63, 3.8) is 0 Å². The minimum absolute atomic E-state index is 0.127. The third-order valence-electron chi connectivity index (χ3n) is 4.23. The smallest absolute Gasteiger partial charge is 0.253 e. The second kappa shape index (κ2) is 6.87. The van der Waals surface area contributed by atoms with E-state index in [0.717, 1.165) is 25.7 Å². The van der Waals surface area contributed by atoms with Gasteiger partial charge in [0.2, 0.25) is 5.91 Å². The minimum atomic E-state index is -0.196. The van der Waals surface area contributed by atoms with E-state index in [1.807, 2.05) is 13.8 Å². The third-order valence-corrected chi connectivity index (χ3v) is 4.23. The lowest BCUT2D eigenvalue weighted by Crippen LogP contribution is -2.36. The molecule has 0 radical (unpaired) electrons. The predicted octanol–water partition coefficient (Wildman–Crippen LogP) is 1.63. The van der Waals surface area contributed by atoms with Crippen molar-refractivity contribution in [1.29, 1.82) is 0 Å². The van der Waals surface area contributed by atoms with Crippen LogP contribution in [-0.2, 0) is 14.4 Å². The first-order chi connectivity index (χ1) is 9.95. The van der Waals surface area contributed by atoms with Crippen LogP contribution in [0.4, 0.5) is 0 Å². The number of nitrogens with zero attached hydrogens (tertiary/aromatic N) is 1. The molecule has 5 heteroatoms. The summed E-state index contributed by atoms with van der Waals surface area (Å²) in [7, 11) is 0. The summed E-state index contributed by atoms with van der Waals surface area (Å²) in [5, 5.41) is 2.93. The van der Waals surface area contributed by atoms with Crippen LogP contribution in [0.2, 0.25) is 0 Å². The Labute approximate surface area is 125 Å². The van der Waals surface area contributed by atoms with E-state index in [1.54, 1.807) is 0 Å². The quantitative estimate of drug-likeness (QED) is 0.783. The maximum Gasteiger partial charge on any atom is 0.253 e. The number of imide groups is 1. The molecule has 0 aromatic heterocycles. The molecule has 0 aromatic rings. The van der Waals surface area contributed by atoms with Crippen LogP contribution in [0, 0.1) is 11.8 Å². The molecule has 116 valence electrons. The summed E-state index contributed by atoms with van der Waals surface area (Å²) < 4.78 is 0. The molecule has 0 saturated heterocycles. The van der Waals surface area contributed by atoms with Crippen LogP contribution < -0.4 is 5.32 Å². The molecule has 5 nitrogen and oxygen atoms in total. The average molecular weight is 292 g/mol. The first-order valence-corrected chi connectivity index (χ1v) is 7.78. The van der Waals surface area contributed by atoms with Gasteiger partial charge < -0.3 is 5.32 Å². The van der Waals surface area contributed by atoms with Gasteiger partial charge in [0.15, 0.2) is 0 Å². The zero-order valence-corrected chi connectivity index (χ0v) is 12.8. The summed E-state index contributed by atoms with van der Waals surface area (Å²) in [4.78, 5) is 36.2. The minimum Gasteiger partial charge on any atom is -0.354 e. The molecule has 1 fully saturated rings. The van der Waals surface area contributed by atoms with E-state index in [4.69, 9.17) is 0 Å². The number of amides is 3.